The van der Waals surface area contributed by atoms with E-state index in [0.29, 0.717) is 0 Å². The standard InChI is InChI=1S/C18H17N/c1-13-9-11-14(12-10-13)19-17-7-3-2-5-15(17)16-6-4-8-18(16)19/h2-3,5,7,9-12H,4,6,8H2,1H3. The second-order valence-electron chi connectivity index (χ2n) is 5.47. The molecule has 1 aliphatic carbocycles. The molecule has 0 aliphatic heterocycles. The Morgan fingerprint density at radius 3 is 2.53 bits per heavy atom. The van der Waals surface area contributed by atoms with Crippen LogP contribution in [0.25, 0.3) is 16.6 Å². The minimum absolute atomic E-state index is 1.21. The third kappa shape index (κ3) is 1.54. The van der Waals surface area contributed by atoms with Crippen LogP contribution in [-0.4, -0.2) is 4.57 Å². The molecule has 0 radical (unpaired) electrons. The molecule has 0 amide bonds. The summed E-state index contributed by atoms with van der Waals surface area (Å²) in [5, 5.41) is 1.44. The van der Waals surface area contributed by atoms with Gasteiger partial charge in [0.15, 0.2) is 0 Å². The lowest BCUT2D eigenvalue weighted by Crippen LogP contribution is -1.98. The Morgan fingerprint density at radius 1 is 0.895 bits per heavy atom. The molecule has 0 bridgehead atoms. The first-order valence-corrected chi connectivity index (χ1v) is 7.03. The van der Waals surface area contributed by atoms with Crippen molar-refractivity contribution in [2.75, 3.05) is 0 Å². The molecule has 1 heteroatoms. The summed E-state index contributed by atoms with van der Waals surface area (Å²) in [5.41, 5.74) is 7.05. The van der Waals surface area contributed by atoms with E-state index in [0.717, 1.165) is 0 Å². The van der Waals surface area contributed by atoms with Crippen LogP contribution in [0.5, 0.6) is 0 Å². The van der Waals surface area contributed by atoms with Crippen LogP contribution in [0.3, 0.4) is 0 Å². The Hall–Kier alpha value is -2.02. The summed E-state index contributed by atoms with van der Waals surface area (Å²) in [4.78, 5) is 0. The molecule has 19 heavy (non-hydrogen) atoms. The van der Waals surface area contributed by atoms with Crippen molar-refractivity contribution < 1.29 is 0 Å². The molecular formula is C18H17N. The molecule has 0 unspecified atom stereocenters. The first-order valence-electron chi connectivity index (χ1n) is 7.03. The molecule has 0 saturated heterocycles. The highest BCUT2D eigenvalue weighted by Crippen LogP contribution is 2.35. The average Bonchev–Trinajstić information content (AvgIpc) is 3.00. The minimum atomic E-state index is 1.21. The maximum atomic E-state index is 2.46. The van der Waals surface area contributed by atoms with E-state index in [1.807, 2.05) is 0 Å². The van der Waals surface area contributed by atoms with Gasteiger partial charge in [0.2, 0.25) is 0 Å². The van der Waals surface area contributed by atoms with E-state index in [-0.39, 0.29) is 0 Å². The van der Waals surface area contributed by atoms with Crippen molar-refractivity contribution in [2.45, 2.75) is 26.2 Å². The van der Waals surface area contributed by atoms with E-state index in [2.05, 4.69) is 60.0 Å². The number of hydrogen-bond donors (Lipinski definition) is 0. The third-order valence-electron chi connectivity index (χ3n) is 4.22. The Morgan fingerprint density at radius 2 is 1.68 bits per heavy atom. The SMILES string of the molecule is Cc1ccc(-n2c3c(c4ccccc42)CCC3)cc1. The molecular weight excluding hydrogens is 230 g/mol. The first-order chi connectivity index (χ1) is 9.34. The van der Waals surface area contributed by atoms with Gasteiger partial charge in [-0.15, -0.1) is 0 Å². The number of nitrogens with zero attached hydrogens (tertiary/aromatic N) is 1. The van der Waals surface area contributed by atoms with E-state index in [1.54, 1.807) is 5.56 Å². The fourth-order valence-corrected chi connectivity index (χ4v) is 3.32. The zero-order valence-electron chi connectivity index (χ0n) is 11.2. The summed E-state index contributed by atoms with van der Waals surface area (Å²) >= 11 is 0. The monoisotopic (exact) mass is 247 g/mol. The van der Waals surface area contributed by atoms with Crippen molar-refractivity contribution in [1.82, 2.24) is 4.57 Å². The number of hydrogen-bond acceptors (Lipinski definition) is 0. The van der Waals surface area contributed by atoms with Crippen LogP contribution in [0.2, 0.25) is 0 Å². The fraction of sp³-hybridized carbons (Fsp3) is 0.222. The maximum absolute atomic E-state index is 2.46. The molecule has 3 aromatic rings. The molecule has 0 atom stereocenters. The highest BCUT2D eigenvalue weighted by Gasteiger charge is 2.21. The van der Waals surface area contributed by atoms with Gasteiger partial charge in [-0.3, -0.25) is 0 Å². The molecule has 4 rings (SSSR count). The highest BCUT2D eigenvalue weighted by atomic mass is 15.0. The second kappa shape index (κ2) is 3.99. The highest BCUT2D eigenvalue weighted by molar-refractivity contribution is 5.87. The number of benzene rings is 2. The average molecular weight is 247 g/mol. The quantitative estimate of drug-likeness (QED) is 0.599. The number of aromatic nitrogens is 1. The summed E-state index contributed by atoms with van der Waals surface area (Å²) in [7, 11) is 0. The van der Waals surface area contributed by atoms with Crippen molar-refractivity contribution in [3.05, 3.63) is 65.4 Å². The van der Waals surface area contributed by atoms with Crippen LogP contribution in [-0.2, 0) is 12.8 Å². The summed E-state index contributed by atoms with van der Waals surface area (Å²) in [6, 6.07) is 17.7. The molecule has 0 fully saturated rings. The normalized spacial score (nSPS) is 13.9. The van der Waals surface area contributed by atoms with Crippen molar-refractivity contribution in [3.63, 3.8) is 0 Å². The van der Waals surface area contributed by atoms with Crippen LogP contribution >= 0.6 is 0 Å². The smallest absolute Gasteiger partial charge is 0.0534 e. The second-order valence-corrected chi connectivity index (χ2v) is 5.47. The first kappa shape index (κ1) is 10.9. The molecule has 1 heterocycles. The van der Waals surface area contributed by atoms with Gasteiger partial charge in [0.25, 0.3) is 0 Å². The number of rotatable bonds is 1. The lowest BCUT2D eigenvalue weighted by Gasteiger charge is -2.10. The molecule has 0 saturated carbocycles. The van der Waals surface area contributed by atoms with Crippen LogP contribution < -0.4 is 0 Å². The molecule has 1 nitrogen and oxygen atoms in total. The zero-order valence-corrected chi connectivity index (χ0v) is 11.2. The molecule has 94 valence electrons. The maximum Gasteiger partial charge on any atom is 0.0534 e. The predicted molar refractivity (Wildman–Crippen MR) is 80.0 cm³/mol. The van der Waals surface area contributed by atoms with Crippen LogP contribution in [0.15, 0.2) is 48.5 Å². The molecule has 1 aliphatic rings. The fourth-order valence-electron chi connectivity index (χ4n) is 3.32. The third-order valence-corrected chi connectivity index (χ3v) is 4.22. The molecule has 2 aromatic carbocycles. The largest absolute Gasteiger partial charge is 0.313 e. The molecule has 1 aromatic heterocycles. The lowest BCUT2D eigenvalue weighted by molar-refractivity contribution is 0.874. The Balaban J connectivity index is 2.06. The van der Waals surface area contributed by atoms with Crippen LogP contribution in [0, 0.1) is 6.92 Å². The van der Waals surface area contributed by atoms with Crippen molar-refractivity contribution >= 4 is 10.9 Å². The van der Waals surface area contributed by atoms with Gasteiger partial charge in [-0.2, -0.15) is 0 Å². The van der Waals surface area contributed by atoms with Gasteiger partial charge in [0.05, 0.1) is 5.52 Å². The number of aryl methyl sites for hydroxylation is 2. The van der Waals surface area contributed by atoms with E-state index < -0.39 is 0 Å². The van der Waals surface area contributed by atoms with Gasteiger partial charge in [-0.05, 0) is 49.9 Å². The van der Waals surface area contributed by atoms with Crippen LogP contribution in [0.4, 0.5) is 0 Å². The van der Waals surface area contributed by atoms with Crippen molar-refractivity contribution in [3.8, 4) is 5.69 Å². The van der Waals surface area contributed by atoms with Crippen LogP contribution in [0.1, 0.15) is 23.2 Å². The minimum Gasteiger partial charge on any atom is -0.313 e. The van der Waals surface area contributed by atoms with Gasteiger partial charge in [-0.1, -0.05) is 35.9 Å². The van der Waals surface area contributed by atoms with Gasteiger partial charge >= 0.3 is 0 Å². The van der Waals surface area contributed by atoms with E-state index >= 15 is 0 Å². The topological polar surface area (TPSA) is 4.93 Å². The molecule has 0 spiro atoms. The Bertz CT molecular complexity index is 747. The van der Waals surface area contributed by atoms with Gasteiger partial charge < -0.3 is 4.57 Å². The van der Waals surface area contributed by atoms with E-state index in [9.17, 15) is 0 Å². The lowest BCUT2D eigenvalue weighted by atomic mass is 10.1. The van der Waals surface area contributed by atoms with Crippen molar-refractivity contribution in [2.24, 2.45) is 0 Å². The zero-order chi connectivity index (χ0) is 12.8. The summed E-state index contributed by atoms with van der Waals surface area (Å²) in [6.45, 7) is 2.14. The predicted octanol–water partition coefficient (Wildman–Crippen LogP) is 4.43. The van der Waals surface area contributed by atoms with E-state index in [1.165, 1.54) is 47.1 Å². The van der Waals surface area contributed by atoms with Crippen molar-refractivity contribution in [1.29, 1.82) is 0 Å². The summed E-state index contributed by atoms with van der Waals surface area (Å²) in [6.07, 6.45) is 3.73. The molecule has 0 N–H and O–H groups in total. The number of fused-ring (bicyclic) bond motifs is 3. The van der Waals surface area contributed by atoms with Gasteiger partial charge in [-0.25, -0.2) is 0 Å². The van der Waals surface area contributed by atoms with E-state index in [4.69, 9.17) is 0 Å². The van der Waals surface area contributed by atoms with Gasteiger partial charge in [0, 0.05) is 16.8 Å². The van der Waals surface area contributed by atoms with Gasteiger partial charge in [0.1, 0.15) is 0 Å². The Labute approximate surface area is 113 Å². The summed E-state index contributed by atoms with van der Waals surface area (Å²) in [5.74, 6) is 0. The Kier molecular flexibility index (Phi) is 2.28. The number of para-hydroxylation sites is 1. The summed E-state index contributed by atoms with van der Waals surface area (Å²) < 4.78 is 2.46.